The fourth-order valence-corrected chi connectivity index (χ4v) is 2.26. The van der Waals surface area contributed by atoms with Crippen LogP contribution in [-0.2, 0) is 9.47 Å². The number of hydrogen-bond acceptors (Lipinski definition) is 7. The molecule has 0 radical (unpaired) electrons. The van der Waals surface area contributed by atoms with Crippen LogP contribution in [0.25, 0.3) is 0 Å². The van der Waals surface area contributed by atoms with Crippen LogP contribution >= 0.6 is 0 Å². The maximum absolute atomic E-state index is 11.7. The summed E-state index contributed by atoms with van der Waals surface area (Å²) in [4.78, 5) is 24.8. The summed E-state index contributed by atoms with van der Waals surface area (Å²) in [6.45, 7) is 1.50. The molecule has 0 aromatic carbocycles. The van der Waals surface area contributed by atoms with E-state index in [2.05, 4.69) is 0 Å². The minimum absolute atomic E-state index is 0.0626. The Morgan fingerprint density at radius 1 is 1.43 bits per heavy atom. The molecule has 4 N–H and O–H groups in total. The molecule has 1 fully saturated rings. The maximum Gasteiger partial charge on any atom is 0.330 e. The summed E-state index contributed by atoms with van der Waals surface area (Å²) in [5, 5.41) is 28.7. The van der Waals surface area contributed by atoms with E-state index in [0.29, 0.717) is 0 Å². The van der Waals surface area contributed by atoms with Crippen molar-refractivity contribution < 1.29 is 24.8 Å². The van der Waals surface area contributed by atoms with E-state index < -0.39 is 41.9 Å². The van der Waals surface area contributed by atoms with Crippen molar-refractivity contribution in [2.75, 3.05) is 13.2 Å². The quantitative estimate of drug-likeness (QED) is 0.474. The molecule has 1 saturated heterocycles. The van der Waals surface area contributed by atoms with Gasteiger partial charge in [-0.25, -0.2) is 4.79 Å². The minimum atomic E-state index is -1.35. The molecule has 2 heterocycles. The molecule has 2 rings (SSSR count). The second-order valence-corrected chi connectivity index (χ2v) is 4.79. The van der Waals surface area contributed by atoms with E-state index in [-0.39, 0.29) is 13.2 Å². The third-order valence-corrected chi connectivity index (χ3v) is 3.34. The van der Waals surface area contributed by atoms with Gasteiger partial charge in [-0.15, -0.1) is 0 Å². The van der Waals surface area contributed by atoms with Gasteiger partial charge in [0.05, 0.1) is 19.3 Å². The first-order chi connectivity index (χ1) is 9.95. The van der Waals surface area contributed by atoms with Crippen LogP contribution in [0.2, 0.25) is 0 Å². The van der Waals surface area contributed by atoms with Crippen LogP contribution < -0.4 is 11.2 Å². The van der Waals surface area contributed by atoms with E-state index in [1.165, 1.54) is 6.20 Å². The first kappa shape index (κ1) is 15.9. The monoisotopic (exact) mass is 302 g/mol. The summed E-state index contributed by atoms with van der Waals surface area (Å²) < 4.78 is 11.7. The van der Waals surface area contributed by atoms with Gasteiger partial charge in [-0.3, -0.25) is 14.3 Å². The van der Waals surface area contributed by atoms with Gasteiger partial charge in [0.1, 0.15) is 18.3 Å². The molecule has 0 aliphatic carbocycles. The van der Waals surface area contributed by atoms with Crippen LogP contribution in [-0.4, -0.2) is 62.5 Å². The van der Waals surface area contributed by atoms with Crippen molar-refractivity contribution in [3.8, 4) is 0 Å². The Balaban J connectivity index is 2.19. The predicted octanol–water partition coefficient (Wildman–Crippen LogP) is -2.45. The van der Waals surface area contributed by atoms with Crippen molar-refractivity contribution >= 4 is 0 Å². The number of aromatic amines is 1. The Labute approximate surface area is 119 Å². The van der Waals surface area contributed by atoms with E-state index in [0.717, 1.165) is 10.6 Å². The van der Waals surface area contributed by atoms with Crippen LogP contribution in [0.1, 0.15) is 13.2 Å². The molecular weight excluding hydrogens is 284 g/mol. The lowest BCUT2D eigenvalue weighted by Crippen LogP contribution is -2.39. The number of aliphatic hydroxyl groups is 3. The second-order valence-electron chi connectivity index (χ2n) is 4.79. The molecule has 9 nitrogen and oxygen atoms in total. The Bertz CT molecular complexity index is 583. The molecule has 118 valence electrons. The van der Waals surface area contributed by atoms with Gasteiger partial charge < -0.3 is 24.8 Å². The van der Waals surface area contributed by atoms with Crippen molar-refractivity contribution in [2.24, 2.45) is 0 Å². The number of hydrogen-bond donors (Lipinski definition) is 4. The maximum atomic E-state index is 11.7. The number of aliphatic hydroxyl groups excluding tert-OH is 3. The highest BCUT2D eigenvalue weighted by molar-refractivity contribution is 4.95. The summed E-state index contributed by atoms with van der Waals surface area (Å²) in [6.07, 6.45) is -4.01. The van der Waals surface area contributed by atoms with E-state index in [1.54, 1.807) is 6.92 Å². The van der Waals surface area contributed by atoms with Crippen molar-refractivity contribution in [2.45, 2.75) is 37.6 Å². The van der Waals surface area contributed by atoms with Gasteiger partial charge in [0, 0.05) is 12.3 Å². The summed E-state index contributed by atoms with van der Waals surface area (Å²) >= 11 is 0. The van der Waals surface area contributed by atoms with Gasteiger partial charge in [-0.05, 0) is 6.92 Å². The van der Waals surface area contributed by atoms with Gasteiger partial charge in [-0.1, -0.05) is 0 Å². The molecule has 1 unspecified atom stereocenters. The molecular formula is C12H18N2O7. The van der Waals surface area contributed by atoms with Gasteiger partial charge in [0.15, 0.2) is 6.23 Å². The first-order valence-corrected chi connectivity index (χ1v) is 6.51. The Morgan fingerprint density at radius 3 is 2.76 bits per heavy atom. The largest absolute Gasteiger partial charge is 0.394 e. The van der Waals surface area contributed by atoms with E-state index in [4.69, 9.17) is 14.6 Å². The van der Waals surface area contributed by atoms with E-state index in [1.807, 2.05) is 4.98 Å². The van der Waals surface area contributed by atoms with Gasteiger partial charge in [0.25, 0.3) is 5.56 Å². The van der Waals surface area contributed by atoms with Crippen LogP contribution in [0, 0.1) is 0 Å². The number of aromatic nitrogens is 2. The van der Waals surface area contributed by atoms with Crippen LogP contribution in [0.15, 0.2) is 21.9 Å². The summed E-state index contributed by atoms with van der Waals surface area (Å²) in [5.74, 6) is 0. The topological polar surface area (TPSA) is 134 Å². The van der Waals surface area contributed by atoms with Crippen LogP contribution in [0.4, 0.5) is 0 Å². The fraction of sp³-hybridized carbons (Fsp3) is 0.667. The third kappa shape index (κ3) is 3.22. The second kappa shape index (κ2) is 6.50. The Hall–Kier alpha value is -1.52. The number of nitrogens with one attached hydrogen (secondary N) is 1. The van der Waals surface area contributed by atoms with Gasteiger partial charge >= 0.3 is 5.69 Å². The summed E-state index contributed by atoms with van der Waals surface area (Å²) in [5.41, 5.74) is -1.32. The molecule has 0 spiro atoms. The smallest absolute Gasteiger partial charge is 0.330 e. The minimum Gasteiger partial charge on any atom is -0.394 e. The lowest BCUT2D eigenvalue weighted by atomic mass is 10.1. The standard InChI is InChI=1S/C12H18N2O7/c1-6(20-5-4-15)10-8(17)9(18)11(21-10)14-3-2-7(16)13-12(14)19/h2-3,6,8-11,15,17-18H,4-5H2,1H3,(H,13,16,19)/t6?,8-,9+,10+,11+/m0/s1. The average Bonchev–Trinajstić information content (AvgIpc) is 2.73. The fourth-order valence-electron chi connectivity index (χ4n) is 2.26. The number of nitrogens with zero attached hydrogens (tertiary/aromatic N) is 1. The number of rotatable bonds is 5. The summed E-state index contributed by atoms with van der Waals surface area (Å²) in [6, 6.07) is 1.11. The lowest BCUT2D eigenvalue weighted by Gasteiger charge is -2.22. The Kier molecular flexibility index (Phi) is 4.91. The normalized spacial score (nSPS) is 30.5. The zero-order valence-corrected chi connectivity index (χ0v) is 11.4. The van der Waals surface area contributed by atoms with Crippen LogP contribution in [0.5, 0.6) is 0 Å². The first-order valence-electron chi connectivity index (χ1n) is 6.51. The zero-order chi connectivity index (χ0) is 15.6. The molecule has 5 atom stereocenters. The Morgan fingerprint density at radius 2 is 2.14 bits per heavy atom. The molecule has 0 bridgehead atoms. The van der Waals surface area contributed by atoms with Crippen molar-refractivity contribution in [1.82, 2.24) is 9.55 Å². The average molecular weight is 302 g/mol. The third-order valence-electron chi connectivity index (χ3n) is 3.34. The molecule has 1 aliphatic rings. The van der Waals surface area contributed by atoms with Gasteiger partial charge in [-0.2, -0.15) is 0 Å². The summed E-state index contributed by atoms with van der Waals surface area (Å²) in [7, 11) is 0. The molecule has 21 heavy (non-hydrogen) atoms. The molecule has 1 aliphatic heterocycles. The van der Waals surface area contributed by atoms with Crippen molar-refractivity contribution in [1.29, 1.82) is 0 Å². The number of ether oxygens (including phenoxy) is 2. The van der Waals surface area contributed by atoms with Crippen LogP contribution in [0.3, 0.4) is 0 Å². The highest BCUT2D eigenvalue weighted by atomic mass is 16.6. The number of H-pyrrole nitrogens is 1. The predicted molar refractivity (Wildman–Crippen MR) is 69.7 cm³/mol. The highest BCUT2D eigenvalue weighted by Crippen LogP contribution is 2.30. The van der Waals surface area contributed by atoms with Gasteiger partial charge in [0.2, 0.25) is 0 Å². The van der Waals surface area contributed by atoms with E-state index >= 15 is 0 Å². The molecule has 0 saturated carbocycles. The molecule has 1 aromatic heterocycles. The lowest BCUT2D eigenvalue weighted by molar-refractivity contribution is -0.106. The SMILES string of the molecule is CC(OCCO)[C@H]1O[C@@H](n2ccc(=O)[nH]c2=O)[C@H](O)[C@@H]1O. The van der Waals surface area contributed by atoms with Crippen molar-refractivity contribution in [3.63, 3.8) is 0 Å². The molecule has 0 amide bonds. The highest BCUT2D eigenvalue weighted by Gasteiger charge is 2.46. The van der Waals surface area contributed by atoms with Crippen molar-refractivity contribution in [3.05, 3.63) is 33.1 Å². The molecule has 9 heteroatoms. The molecule has 1 aromatic rings. The zero-order valence-electron chi connectivity index (χ0n) is 11.4. The van der Waals surface area contributed by atoms with E-state index in [9.17, 15) is 19.8 Å².